The zero-order chi connectivity index (χ0) is 16.6. The van der Waals surface area contributed by atoms with Crippen LogP contribution < -0.4 is 4.74 Å². The molecule has 6 heteroatoms. The maximum absolute atomic E-state index is 12.7. The number of aliphatic carboxylic acids is 1. The van der Waals surface area contributed by atoms with Gasteiger partial charge in [-0.15, -0.1) is 0 Å². The number of halogens is 1. The number of hydrogen-bond acceptors (Lipinski definition) is 4. The van der Waals surface area contributed by atoms with E-state index in [1.54, 1.807) is 36.4 Å². The minimum absolute atomic E-state index is 0.144. The van der Waals surface area contributed by atoms with Gasteiger partial charge in [-0.25, -0.2) is 0 Å². The van der Waals surface area contributed by atoms with E-state index < -0.39 is 17.7 Å². The monoisotopic (exact) mass is 329 g/mol. The van der Waals surface area contributed by atoms with Gasteiger partial charge in [0.1, 0.15) is 5.75 Å². The van der Waals surface area contributed by atoms with Crippen molar-refractivity contribution in [2.24, 2.45) is 10.9 Å². The van der Waals surface area contributed by atoms with Crippen molar-refractivity contribution < 1.29 is 19.4 Å². The van der Waals surface area contributed by atoms with E-state index in [1.807, 2.05) is 0 Å². The van der Waals surface area contributed by atoms with Gasteiger partial charge in [-0.2, -0.15) is 0 Å². The molecule has 0 amide bonds. The van der Waals surface area contributed by atoms with E-state index in [2.05, 4.69) is 4.99 Å². The van der Waals surface area contributed by atoms with Crippen LogP contribution in [0.1, 0.15) is 15.9 Å². The Balaban J connectivity index is 2.24. The van der Waals surface area contributed by atoms with Crippen LogP contribution in [0.3, 0.4) is 0 Å². The minimum atomic E-state index is -1.39. The summed E-state index contributed by atoms with van der Waals surface area (Å²) in [4.78, 5) is 28.7. The first-order valence-corrected chi connectivity index (χ1v) is 7.19. The zero-order valence-corrected chi connectivity index (χ0v) is 12.9. The van der Waals surface area contributed by atoms with Crippen molar-refractivity contribution in [3.63, 3.8) is 0 Å². The molecule has 3 rings (SSSR count). The van der Waals surface area contributed by atoms with E-state index in [0.717, 1.165) is 0 Å². The van der Waals surface area contributed by atoms with E-state index in [9.17, 15) is 14.7 Å². The van der Waals surface area contributed by atoms with Gasteiger partial charge >= 0.3 is 5.97 Å². The molecule has 0 radical (unpaired) electrons. The van der Waals surface area contributed by atoms with E-state index in [-0.39, 0.29) is 11.3 Å². The van der Waals surface area contributed by atoms with Crippen molar-refractivity contribution in [3.8, 4) is 5.75 Å². The summed E-state index contributed by atoms with van der Waals surface area (Å²) in [5.41, 5.74) is 1.22. The summed E-state index contributed by atoms with van der Waals surface area (Å²) in [6, 6.07) is 11.5. The highest BCUT2D eigenvalue weighted by Crippen LogP contribution is 2.35. The summed E-state index contributed by atoms with van der Waals surface area (Å²) in [6.07, 6.45) is 0. The first kappa shape index (κ1) is 15.2. The number of carbonyl (C=O) groups excluding carboxylic acids is 1. The lowest BCUT2D eigenvalue weighted by Crippen LogP contribution is -2.35. The predicted octanol–water partition coefficient (Wildman–Crippen LogP) is 3.37. The fourth-order valence-corrected chi connectivity index (χ4v) is 2.76. The molecule has 2 aromatic rings. The van der Waals surface area contributed by atoms with Crippen LogP contribution in [0.5, 0.6) is 5.75 Å². The van der Waals surface area contributed by atoms with Gasteiger partial charge in [0.05, 0.1) is 18.5 Å². The summed E-state index contributed by atoms with van der Waals surface area (Å²) in [7, 11) is 1.47. The second kappa shape index (κ2) is 5.85. The van der Waals surface area contributed by atoms with Crippen LogP contribution in [0.15, 0.2) is 47.5 Å². The molecule has 5 nitrogen and oxygen atoms in total. The molecule has 0 saturated heterocycles. The van der Waals surface area contributed by atoms with Crippen LogP contribution in [-0.2, 0) is 4.79 Å². The number of ether oxygens (including phenoxy) is 1. The van der Waals surface area contributed by atoms with Gasteiger partial charge in [0.25, 0.3) is 0 Å². The Morgan fingerprint density at radius 1 is 1.22 bits per heavy atom. The maximum Gasteiger partial charge on any atom is 0.320 e. The van der Waals surface area contributed by atoms with Gasteiger partial charge in [0, 0.05) is 16.1 Å². The van der Waals surface area contributed by atoms with Crippen LogP contribution in [0, 0.1) is 5.92 Å². The number of benzene rings is 2. The number of carboxylic acid groups (broad SMARTS) is 1. The Morgan fingerprint density at radius 2 is 1.96 bits per heavy atom. The van der Waals surface area contributed by atoms with Crippen molar-refractivity contribution in [2.45, 2.75) is 0 Å². The van der Waals surface area contributed by atoms with Crippen molar-refractivity contribution in [2.75, 3.05) is 7.11 Å². The lowest BCUT2D eigenvalue weighted by atomic mass is 9.86. The van der Waals surface area contributed by atoms with Gasteiger partial charge in [-0.3, -0.25) is 14.6 Å². The van der Waals surface area contributed by atoms with E-state index in [1.165, 1.54) is 13.2 Å². The first-order chi connectivity index (χ1) is 11.0. The van der Waals surface area contributed by atoms with Crippen molar-refractivity contribution in [1.82, 2.24) is 0 Å². The molecular formula is C17H12ClNO4. The summed E-state index contributed by atoms with van der Waals surface area (Å²) < 4.78 is 5.09. The second-order valence-electron chi connectivity index (χ2n) is 5.00. The average molecular weight is 330 g/mol. The standard InChI is InChI=1S/C17H12ClNO4/c1-23-9-6-7-13-11(8-9)16(20)14(17(21)22)15(19-13)10-4-2-3-5-12(10)18/h2-8,14H,1H3,(H,21,22). The van der Waals surface area contributed by atoms with Gasteiger partial charge in [0.15, 0.2) is 11.7 Å². The third kappa shape index (κ3) is 2.59. The molecule has 0 saturated carbocycles. The smallest absolute Gasteiger partial charge is 0.320 e. The molecule has 0 fully saturated rings. The quantitative estimate of drug-likeness (QED) is 0.876. The van der Waals surface area contributed by atoms with E-state index >= 15 is 0 Å². The molecule has 1 atom stereocenters. The molecule has 0 aromatic heterocycles. The number of nitrogens with zero attached hydrogens (tertiary/aromatic N) is 1. The van der Waals surface area contributed by atoms with Gasteiger partial charge in [-0.1, -0.05) is 29.8 Å². The fourth-order valence-electron chi connectivity index (χ4n) is 2.52. The number of carbonyl (C=O) groups is 2. The molecule has 1 aliphatic heterocycles. The van der Waals surface area contributed by atoms with Gasteiger partial charge in [0.2, 0.25) is 0 Å². The second-order valence-corrected chi connectivity index (χ2v) is 5.40. The summed E-state index contributed by atoms with van der Waals surface area (Å²) in [5, 5.41) is 9.86. The molecule has 23 heavy (non-hydrogen) atoms. The molecule has 0 bridgehead atoms. The normalized spacial score (nSPS) is 16.5. The van der Waals surface area contributed by atoms with Gasteiger partial charge < -0.3 is 9.84 Å². The van der Waals surface area contributed by atoms with Crippen molar-refractivity contribution in [1.29, 1.82) is 0 Å². The zero-order valence-electron chi connectivity index (χ0n) is 12.1. The molecule has 0 spiro atoms. The number of Topliss-reactive ketones (excluding diaryl/α,β-unsaturated/α-hetero) is 1. The lowest BCUT2D eigenvalue weighted by Gasteiger charge is -2.22. The third-order valence-electron chi connectivity index (χ3n) is 3.64. The average Bonchev–Trinajstić information content (AvgIpc) is 2.54. The highest BCUT2D eigenvalue weighted by atomic mass is 35.5. The molecule has 1 unspecified atom stereocenters. The SMILES string of the molecule is COc1ccc2c(c1)C(=O)C(C(=O)O)C(c1ccccc1Cl)=N2. The van der Waals surface area contributed by atoms with Crippen LogP contribution in [0.2, 0.25) is 5.02 Å². The minimum Gasteiger partial charge on any atom is -0.497 e. The number of aliphatic imine (C=N–C) groups is 1. The predicted molar refractivity (Wildman–Crippen MR) is 86.1 cm³/mol. The number of carboxylic acids is 1. The highest BCUT2D eigenvalue weighted by Gasteiger charge is 2.38. The van der Waals surface area contributed by atoms with Crippen molar-refractivity contribution >= 4 is 34.8 Å². The fraction of sp³-hybridized carbons (Fsp3) is 0.118. The number of ketones is 1. The van der Waals surface area contributed by atoms with E-state index in [0.29, 0.717) is 22.0 Å². The summed E-state index contributed by atoms with van der Waals surface area (Å²) >= 11 is 6.14. The van der Waals surface area contributed by atoms with E-state index in [4.69, 9.17) is 16.3 Å². The molecule has 1 aliphatic rings. The Labute approximate surface area is 137 Å². The molecule has 1 N–H and O–H groups in total. The topological polar surface area (TPSA) is 76.0 Å². The molecule has 1 heterocycles. The van der Waals surface area contributed by atoms with Crippen LogP contribution in [-0.4, -0.2) is 29.7 Å². The number of methoxy groups -OCH3 is 1. The largest absolute Gasteiger partial charge is 0.497 e. The Kier molecular flexibility index (Phi) is 3.88. The number of hydrogen-bond donors (Lipinski definition) is 1. The summed E-state index contributed by atoms with van der Waals surface area (Å²) in [6.45, 7) is 0. The lowest BCUT2D eigenvalue weighted by molar-refractivity contribution is -0.137. The van der Waals surface area contributed by atoms with Crippen molar-refractivity contribution in [3.05, 3.63) is 58.6 Å². The van der Waals surface area contributed by atoms with Crippen LogP contribution in [0.4, 0.5) is 5.69 Å². The number of fused-ring (bicyclic) bond motifs is 1. The summed E-state index contributed by atoms with van der Waals surface area (Å²) in [5.74, 6) is -2.72. The molecular weight excluding hydrogens is 318 g/mol. The highest BCUT2D eigenvalue weighted by molar-refractivity contribution is 6.38. The first-order valence-electron chi connectivity index (χ1n) is 6.81. The Bertz CT molecular complexity index is 844. The Hall–Kier alpha value is -2.66. The van der Waals surface area contributed by atoms with Gasteiger partial charge in [-0.05, 0) is 24.3 Å². The Morgan fingerprint density at radius 3 is 2.61 bits per heavy atom. The molecule has 0 aliphatic carbocycles. The molecule has 116 valence electrons. The number of rotatable bonds is 3. The molecule has 2 aromatic carbocycles. The maximum atomic E-state index is 12.7. The third-order valence-corrected chi connectivity index (χ3v) is 3.97. The van der Waals surface area contributed by atoms with Crippen LogP contribution in [0.25, 0.3) is 0 Å². The van der Waals surface area contributed by atoms with Crippen LogP contribution >= 0.6 is 11.6 Å².